The van der Waals surface area contributed by atoms with E-state index in [1.807, 2.05) is 4.98 Å². The van der Waals surface area contributed by atoms with Crippen molar-refractivity contribution in [3.63, 3.8) is 0 Å². The monoisotopic (exact) mass is 307 g/mol. The molecule has 1 aromatic heterocycles. The summed E-state index contributed by atoms with van der Waals surface area (Å²) in [6, 6.07) is 0. The van der Waals surface area contributed by atoms with E-state index in [0.717, 1.165) is 12.2 Å². The SMILES string of the molecule is Cc1[nH]c(=O)[nH]c(=O)c1/C=C/C(=O)ON1C(=O)CCCC1=O. The van der Waals surface area contributed by atoms with Gasteiger partial charge in [0.05, 0.1) is 5.56 Å². The highest BCUT2D eigenvalue weighted by Gasteiger charge is 2.29. The summed E-state index contributed by atoms with van der Waals surface area (Å²) in [7, 11) is 0. The van der Waals surface area contributed by atoms with Crippen LogP contribution >= 0.6 is 0 Å². The molecule has 116 valence electrons. The van der Waals surface area contributed by atoms with Gasteiger partial charge in [-0.1, -0.05) is 0 Å². The van der Waals surface area contributed by atoms with Gasteiger partial charge in [0.25, 0.3) is 17.4 Å². The first-order chi connectivity index (χ1) is 10.4. The Kier molecular flexibility index (Phi) is 4.35. The molecule has 1 aliphatic rings. The van der Waals surface area contributed by atoms with E-state index in [9.17, 15) is 24.0 Å². The van der Waals surface area contributed by atoms with Crippen LogP contribution in [0, 0.1) is 6.92 Å². The third kappa shape index (κ3) is 3.37. The van der Waals surface area contributed by atoms with Gasteiger partial charge >= 0.3 is 11.7 Å². The van der Waals surface area contributed by atoms with Crippen LogP contribution in [0.5, 0.6) is 0 Å². The largest absolute Gasteiger partial charge is 0.356 e. The number of amides is 2. The minimum Gasteiger partial charge on any atom is -0.326 e. The lowest BCUT2D eigenvalue weighted by Gasteiger charge is -2.21. The van der Waals surface area contributed by atoms with Crippen LogP contribution in [0.15, 0.2) is 15.7 Å². The van der Waals surface area contributed by atoms with Gasteiger partial charge < -0.3 is 9.82 Å². The van der Waals surface area contributed by atoms with Crippen molar-refractivity contribution in [2.24, 2.45) is 0 Å². The van der Waals surface area contributed by atoms with Gasteiger partial charge in [0.1, 0.15) is 0 Å². The van der Waals surface area contributed by atoms with Crippen LogP contribution in [0.3, 0.4) is 0 Å². The molecule has 9 heteroatoms. The number of nitrogens with one attached hydrogen (secondary N) is 2. The summed E-state index contributed by atoms with van der Waals surface area (Å²) in [5, 5.41) is 0.431. The molecular weight excluding hydrogens is 294 g/mol. The second-order valence-electron chi connectivity index (χ2n) is 4.63. The zero-order chi connectivity index (χ0) is 16.3. The lowest BCUT2D eigenvalue weighted by atomic mass is 10.1. The van der Waals surface area contributed by atoms with Crippen molar-refractivity contribution < 1.29 is 19.2 Å². The number of carbonyl (C=O) groups is 3. The first kappa shape index (κ1) is 15.4. The normalized spacial score (nSPS) is 15.4. The molecular formula is C13H13N3O6. The first-order valence-electron chi connectivity index (χ1n) is 6.47. The van der Waals surface area contributed by atoms with E-state index in [-0.39, 0.29) is 24.1 Å². The Morgan fingerprint density at radius 3 is 2.36 bits per heavy atom. The molecule has 2 amide bonds. The zero-order valence-electron chi connectivity index (χ0n) is 11.7. The number of hydrogen-bond donors (Lipinski definition) is 2. The molecule has 0 aliphatic carbocycles. The van der Waals surface area contributed by atoms with Crippen LogP contribution in [-0.4, -0.2) is 32.8 Å². The third-order valence-corrected chi connectivity index (χ3v) is 2.98. The van der Waals surface area contributed by atoms with Crippen LogP contribution in [-0.2, 0) is 19.2 Å². The number of imide groups is 1. The Morgan fingerprint density at radius 1 is 1.14 bits per heavy atom. The molecule has 0 aromatic carbocycles. The number of rotatable bonds is 3. The summed E-state index contributed by atoms with van der Waals surface area (Å²) in [5.41, 5.74) is -1.00. The Morgan fingerprint density at radius 2 is 1.77 bits per heavy atom. The Labute approximate surface area is 123 Å². The zero-order valence-corrected chi connectivity index (χ0v) is 11.7. The van der Waals surface area contributed by atoms with Crippen molar-refractivity contribution >= 4 is 23.9 Å². The molecule has 0 bridgehead atoms. The van der Waals surface area contributed by atoms with Crippen molar-refractivity contribution in [1.29, 1.82) is 0 Å². The molecule has 1 aliphatic heterocycles. The fourth-order valence-electron chi connectivity index (χ4n) is 1.92. The highest BCUT2D eigenvalue weighted by molar-refractivity contribution is 5.98. The maximum atomic E-state index is 11.6. The molecule has 22 heavy (non-hydrogen) atoms. The maximum absolute atomic E-state index is 11.6. The third-order valence-electron chi connectivity index (χ3n) is 2.98. The van der Waals surface area contributed by atoms with E-state index in [2.05, 4.69) is 9.82 Å². The molecule has 2 N–H and O–H groups in total. The summed E-state index contributed by atoms with van der Waals surface area (Å²) in [4.78, 5) is 66.2. The summed E-state index contributed by atoms with van der Waals surface area (Å²) in [6.45, 7) is 1.49. The number of nitrogens with zero attached hydrogens (tertiary/aromatic N) is 1. The molecule has 1 aromatic rings. The van der Waals surface area contributed by atoms with Gasteiger partial charge in [-0.15, -0.1) is 5.06 Å². The highest BCUT2D eigenvalue weighted by Crippen LogP contribution is 2.12. The fraction of sp³-hybridized carbons (Fsp3) is 0.308. The molecule has 2 heterocycles. The standard InChI is InChI=1S/C13H13N3O6/c1-7-8(12(20)15-13(21)14-7)5-6-11(19)22-16-9(17)3-2-4-10(16)18/h5-6H,2-4H2,1H3,(H2,14,15,20,21)/b6-5+. The Bertz CT molecular complexity index is 757. The second kappa shape index (κ2) is 6.20. The lowest BCUT2D eigenvalue weighted by Crippen LogP contribution is -2.41. The van der Waals surface area contributed by atoms with Crippen molar-refractivity contribution in [2.75, 3.05) is 0 Å². The predicted octanol–water partition coefficient (Wildman–Crippen LogP) is -0.618. The minimum absolute atomic E-state index is 0.0628. The molecule has 0 atom stereocenters. The molecule has 2 rings (SSSR count). The van der Waals surface area contributed by atoms with E-state index in [1.54, 1.807) is 0 Å². The second-order valence-corrected chi connectivity index (χ2v) is 4.63. The number of H-pyrrole nitrogens is 2. The van der Waals surface area contributed by atoms with E-state index in [1.165, 1.54) is 6.92 Å². The topological polar surface area (TPSA) is 129 Å². The Hall–Kier alpha value is -2.97. The van der Waals surface area contributed by atoms with Crippen LogP contribution in [0.1, 0.15) is 30.5 Å². The minimum atomic E-state index is -0.978. The molecule has 0 spiro atoms. The van der Waals surface area contributed by atoms with Gasteiger partial charge in [0.2, 0.25) is 0 Å². The smallest absolute Gasteiger partial charge is 0.326 e. The number of aromatic amines is 2. The maximum Gasteiger partial charge on any atom is 0.356 e. The summed E-state index contributed by atoms with van der Waals surface area (Å²) in [6.07, 6.45) is 2.70. The molecule has 1 fully saturated rings. The molecule has 0 radical (unpaired) electrons. The van der Waals surface area contributed by atoms with Crippen LogP contribution in [0.2, 0.25) is 0 Å². The number of piperidine rings is 1. The van der Waals surface area contributed by atoms with Gasteiger partial charge in [-0.25, -0.2) is 9.59 Å². The molecule has 0 saturated carbocycles. The average molecular weight is 307 g/mol. The quantitative estimate of drug-likeness (QED) is 0.565. The van der Waals surface area contributed by atoms with Gasteiger partial charge in [0.15, 0.2) is 0 Å². The number of carbonyl (C=O) groups excluding carboxylic acids is 3. The average Bonchev–Trinajstić information content (AvgIpc) is 2.42. The van der Waals surface area contributed by atoms with Crippen LogP contribution in [0.4, 0.5) is 0 Å². The van der Waals surface area contributed by atoms with Crippen LogP contribution in [0.25, 0.3) is 6.08 Å². The van der Waals surface area contributed by atoms with Gasteiger partial charge in [0, 0.05) is 24.6 Å². The number of hydroxylamine groups is 2. The molecule has 9 nitrogen and oxygen atoms in total. The number of aromatic nitrogens is 2. The summed E-state index contributed by atoms with van der Waals surface area (Å²) < 4.78 is 0. The fourth-order valence-corrected chi connectivity index (χ4v) is 1.92. The molecule has 0 unspecified atom stereocenters. The number of aryl methyl sites for hydroxylation is 1. The van der Waals surface area contributed by atoms with E-state index in [4.69, 9.17) is 0 Å². The van der Waals surface area contributed by atoms with Crippen LogP contribution < -0.4 is 11.2 Å². The number of hydrogen-bond acceptors (Lipinski definition) is 6. The van der Waals surface area contributed by atoms with Gasteiger partial charge in [-0.2, -0.15) is 0 Å². The predicted molar refractivity (Wildman–Crippen MR) is 73.3 cm³/mol. The van der Waals surface area contributed by atoms with E-state index < -0.39 is 29.0 Å². The Balaban J connectivity index is 2.12. The van der Waals surface area contributed by atoms with E-state index >= 15 is 0 Å². The van der Waals surface area contributed by atoms with Crippen molar-refractivity contribution in [2.45, 2.75) is 26.2 Å². The lowest BCUT2D eigenvalue weighted by molar-refractivity contribution is -0.201. The first-order valence-corrected chi connectivity index (χ1v) is 6.47. The van der Waals surface area contributed by atoms with Crippen molar-refractivity contribution in [3.8, 4) is 0 Å². The van der Waals surface area contributed by atoms with Gasteiger partial charge in [-0.3, -0.25) is 19.4 Å². The van der Waals surface area contributed by atoms with E-state index in [0.29, 0.717) is 11.5 Å². The highest BCUT2D eigenvalue weighted by atomic mass is 16.7. The van der Waals surface area contributed by atoms with Crippen molar-refractivity contribution in [3.05, 3.63) is 38.2 Å². The summed E-state index contributed by atoms with van der Waals surface area (Å²) in [5.74, 6) is -2.15. The van der Waals surface area contributed by atoms with Crippen molar-refractivity contribution in [1.82, 2.24) is 15.0 Å². The summed E-state index contributed by atoms with van der Waals surface area (Å²) >= 11 is 0. The van der Waals surface area contributed by atoms with Gasteiger partial charge in [-0.05, 0) is 19.4 Å². The molecule has 1 saturated heterocycles.